The van der Waals surface area contributed by atoms with Crippen LogP contribution in [0.15, 0.2) is 42.6 Å². The largest absolute Gasteiger partial charge is 0.482 e. The van der Waals surface area contributed by atoms with Gasteiger partial charge in [0.2, 0.25) is 0 Å². The maximum atomic E-state index is 12.1. The highest BCUT2D eigenvalue weighted by Gasteiger charge is 2.11. The van der Waals surface area contributed by atoms with Crippen LogP contribution in [-0.4, -0.2) is 17.5 Å². The Morgan fingerprint density at radius 2 is 1.74 bits per heavy atom. The minimum absolute atomic E-state index is 0.213. The molecule has 0 saturated heterocycles. The second-order valence-electron chi connectivity index (χ2n) is 5.46. The minimum Gasteiger partial charge on any atom is -0.482 e. The van der Waals surface area contributed by atoms with E-state index in [0.717, 1.165) is 10.4 Å². The maximum Gasteiger partial charge on any atom is 0.264 e. The van der Waals surface area contributed by atoms with Crippen LogP contribution in [0.1, 0.15) is 10.4 Å². The molecule has 0 unspecified atom stereocenters. The Kier molecular flexibility index (Phi) is 6.84. The van der Waals surface area contributed by atoms with Gasteiger partial charge in [0.15, 0.2) is 11.7 Å². The van der Waals surface area contributed by atoms with Gasteiger partial charge in [0.05, 0.1) is 5.02 Å². The van der Waals surface area contributed by atoms with Crippen LogP contribution < -0.4 is 10.1 Å². The molecule has 0 aliphatic rings. The van der Waals surface area contributed by atoms with Gasteiger partial charge in [-0.1, -0.05) is 46.4 Å². The van der Waals surface area contributed by atoms with Crippen LogP contribution in [0, 0.1) is 0 Å². The first-order chi connectivity index (χ1) is 12.9. The summed E-state index contributed by atoms with van der Waals surface area (Å²) in [4.78, 5) is 17.2. The van der Waals surface area contributed by atoms with Gasteiger partial charge in [0.1, 0.15) is 5.75 Å². The molecule has 4 nitrogen and oxygen atoms in total. The highest BCUT2D eigenvalue weighted by Crippen LogP contribution is 2.28. The number of rotatable bonds is 6. The van der Waals surface area contributed by atoms with Crippen molar-refractivity contribution < 1.29 is 9.53 Å². The van der Waals surface area contributed by atoms with Crippen LogP contribution in [0.4, 0.5) is 5.13 Å². The molecule has 0 aliphatic carbocycles. The number of nitrogens with zero attached hydrogens (tertiary/aromatic N) is 1. The molecule has 27 heavy (non-hydrogen) atoms. The van der Waals surface area contributed by atoms with Crippen molar-refractivity contribution in [3.63, 3.8) is 0 Å². The third kappa shape index (κ3) is 5.74. The molecular formula is C18H12Cl4N2O2S. The van der Waals surface area contributed by atoms with Gasteiger partial charge in [0, 0.05) is 38.6 Å². The number of carbonyl (C=O) groups is 1. The minimum atomic E-state index is -0.354. The van der Waals surface area contributed by atoms with Gasteiger partial charge in [-0.15, -0.1) is 11.3 Å². The summed E-state index contributed by atoms with van der Waals surface area (Å²) in [5.74, 6) is -0.0116. The first-order valence-electron chi connectivity index (χ1n) is 7.67. The van der Waals surface area contributed by atoms with Gasteiger partial charge in [-0.3, -0.25) is 10.1 Å². The summed E-state index contributed by atoms with van der Waals surface area (Å²) in [5, 5.41) is 5.25. The molecule has 9 heteroatoms. The predicted octanol–water partition coefficient (Wildman–Crippen LogP) is 6.37. The van der Waals surface area contributed by atoms with Gasteiger partial charge >= 0.3 is 0 Å². The van der Waals surface area contributed by atoms with E-state index in [1.807, 2.05) is 6.07 Å². The Balaban J connectivity index is 1.57. The average Bonchev–Trinajstić information content (AvgIpc) is 3.06. The summed E-state index contributed by atoms with van der Waals surface area (Å²) in [5.41, 5.74) is 0.893. The molecular weight excluding hydrogens is 450 g/mol. The Bertz CT molecular complexity index is 978. The van der Waals surface area contributed by atoms with Gasteiger partial charge in [-0.05, 0) is 35.9 Å². The number of amides is 1. The zero-order valence-electron chi connectivity index (χ0n) is 13.6. The topological polar surface area (TPSA) is 51.2 Å². The van der Waals surface area contributed by atoms with Gasteiger partial charge in [-0.2, -0.15) is 0 Å². The van der Waals surface area contributed by atoms with Crippen LogP contribution in [-0.2, 0) is 11.2 Å². The van der Waals surface area contributed by atoms with E-state index in [2.05, 4.69) is 10.3 Å². The highest BCUT2D eigenvalue weighted by atomic mass is 35.5. The third-order valence-electron chi connectivity index (χ3n) is 3.42. The van der Waals surface area contributed by atoms with Crippen LogP contribution in [0.5, 0.6) is 5.75 Å². The van der Waals surface area contributed by atoms with Crippen LogP contribution in [0.2, 0.25) is 20.1 Å². The van der Waals surface area contributed by atoms with Crippen molar-refractivity contribution >= 4 is 68.8 Å². The number of carbonyl (C=O) groups excluding carboxylic acids is 1. The van der Waals surface area contributed by atoms with E-state index < -0.39 is 0 Å². The first-order valence-corrected chi connectivity index (χ1v) is 10.00. The van der Waals surface area contributed by atoms with E-state index in [-0.39, 0.29) is 12.5 Å². The summed E-state index contributed by atoms with van der Waals surface area (Å²) in [6, 6.07) is 10.1. The lowest BCUT2D eigenvalue weighted by molar-refractivity contribution is -0.118. The molecule has 2 aromatic carbocycles. The quantitative estimate of drug-likeness (QED) is 0.464. The average molecular weight is 462 g/mol. The van der Waals surface area contributed by atoms with E-state index in [1.54, 1.807) is 36.5 Å². The molecule has 3 aromatic rings. The van der Waals surface area contributed by atoms with E-state index in [9.17, 15) is 4.79 Å². The lowest BCUT2D eigenvalue weighted by atomic mass is 10.1. The van der Waals surface area contributed by atoms with Gasteiger partial charge in [0.25, 0.3) is 5.91 Å². The van der Waals surface area contributed by atoms with Crippen molar-refractivity contribution in [2.45, 2.75) is 6.42 Å². The number of ether oxygens (including phenoxy) is 1. The molecule has 3 rings (SSSR count). The Labute approximate surface area is 180 Å². The van der Waals surface area contributed by atoms with E-state index >= 15 is 0 Å². The van der Waals surface area contributed by atoms with Crippen LogP contribution in [0.3, 0.4) is 0 Å². The maximum absolute atomic E-state index is 12.1. The smallest absolute Gasteiger partial charge is 0.264 e. The zero-order valence-corrected chi connectivity index (χ0v) is 17.5. The lowest BCUT2D eigenvalue weighted by Gasteiger charge is -2.07. The number of hydrogen-bond donors (Lipinski definition) is 1. The summed E-state index contributed by atoms with van der Waals surface area (Å²) in [6.07, 6.45) is 2.26. The van der Waals surface area contributed by atoms with Crippen LogP contribution in [0.25, 0.3) is 0 Å². The number of anilines is 1. The standard InChI is InChI=1S/C18H12Cl4N2O2S/c19-11-1-3-14(21)10(5-11)6-13-8-23-18(27-13)24-17(25)9-26-16-7-12(20)2-4-15(16)22/h1-5,7-8H,6,9H2,(H,23,24,25). The molecule has 140 valence electrons. The first kappa shape index (κ1) is 20.2. The number of aromatic nitrogens is 1. The van der Waals surface area contributed by atoms with E-state index in [1.165, 1.54) is 11.3 Å². The molecule has 0 saturated carbocycles. The molecule has 0 bridgehead atoms. The molecule has 0 atom stereocenters. The fourth-order valence-electron chi connectivity index (χ4n) is 2.20. The summed E-state index contributed by atoms with van der Waals surface area (Å²) in [6.45, 7) is -0.213. The van der Waals surface area contributed by atoms with E-state index in [4.69, 9.17) is 51.1 Å². The molecule has 1 heterocycles. The van der Waals surface area contributed by atoms with Crippen molar-refractivity contribution in [3.8, 4) is 5.75 Å². The van der Waals surface area contributed by atoms with E-state index in [0.29, 0.717) is 37.4 Å². The zero-order chi connectivity index (χ0) is 19.4. The molecule has 1 aromatic heterocycles. The number of halogens is 4. The number of thiazole rings is 1. The Morgan fingerprint density at radius 3 is 2.52 bits per heavy atom. The van der Waals surface area contributed by atoms with Crippen molar-refractivity contribution in [2.75, 3.05) is 11.9 Å². The monoisotopic (exact) mass is 460 g/mol. The summed E-state index contributed by atoms with van der Waals surface area (Å²) < 4.78 is 5.40. The van der Waals surface area contributed by atoms with Crippen molar-refractivity contribution in [1.29, 1.82) is 0 Å². The SMILES string of the molecule is O=C(COc1cc(Cl)ccc1Cl)Nc1ncc(Cc2cc(Cl)ccc2Cl)s1. The van der Waals surface area contributed by atoms with Crippen molar-refractivity contribution in [1.82, 2.24) is 4.98 Å². The van der Waals surface area contributed by atoms with Crippen molar-refractivity contribution in [2.24, 2.45) is 0 Å². The van der Waals surface area contributed by atoms with Crippen molar-refractivity contribution in [3.05, 3.63) is 73.1 Å². The predicted molar refractivity (Wildman–Crippen MR) is 112 cm³/mol. The molecule has 1 N–H and O–H groups in total. The fraction of sp³-hybridized carbons (Fsp3) is 0.111. The lowest BCUT2D eigenvalue weighted by Crippen LogP contribution is -2.20. The highest BCUT2D eigenvalue weighted by molar-refractivity contribution is 7.15. The number of nitrogens with one attached hydrogen (secondary N) is 1. The fourth-order valence-corrected chi connectivity index (χ4v) is 3.76. The molecule has 0 fully saturated rings. The van der Waals surface area contributed by atoms with Gasteiger partial charge in [-0.25, -0.2) is 4.98 Å². The van der Waals surface area contributed by atoms with Crippen LogP contribution >= 0.6 is 57.7 Å². The Morgan fingerprint density at radius 1 is 1.04 bits per heavy atom. The molecule has 0 radical (unpaired) electrons. The number of hydrogen-bond acceptors (Lipinski definition) is 4. The molecule has 1 amide bonds. The molecule has 0 aliphatic heterocycles. The van der Waals surface area contributed by atoms with Gasteiger partial charge < -0.3 is 4.74 Å². The number of benzene rings is 2. The summed E-state index contributed by atoms with van der Waals surface area (Å²) in [7, 11) is 0. The normalized spacial score (nSPS) is 10.7. The summed E-state index contributed by atoms with van der Waals surface area (Å²) >= 11 is 25.4. The molecule has 0 spiro atoms. The Hall–Kier alpha value is -1.50. The second-order valence-corrected chi connectivity index (χ2v) is 8.26. The second kappa shape index (κ2) is 9.13. The third-order valence-corrected chi connectivity index (χ3v) is 5.49.